The van der Waals surface area contributed by atoms with E-state index >= 15 is 0 Å². The number of alkyl halides is 3. The minimum Gasteiger partial charge on any atom is -0.345 e. The van der Waals surface area contributed by atoms with E-state index in [0.717, 1.165) is 11.6 Å². The first-order chi connectivity index (χ1) is 9.79. The lowest BCUT2D eigenvalue weighted by atomic mass is 10.1. The van der Waals surface area contributed by atoms with Gasteiger partial charge in [0.15, 0.2) is 0 Å². The van der Waals surface area contributed by atoms with Crippen LogP contribution in [0.1, 0.15) is 34.5 Å². The molecule has 1 heterocycles. The minimum absolute atomic E-state index is 0.0548. The van der Waals surface area contributed by atoms with Gasteiger partial charge in [-0.1, -0.05) is 15.9 Å². The van der Waals surface area contributed by atoms with Gasteiger partial charge in [-0.2, -0.15) is 18.3 Å². The topological polar surface area (TPSA) is 57.8 Å². The molecule has 2 N–H and O–H groups in total. The summed E-state index contributed by atoms with van der Waals surface area (Å²) in [5.74, 6) is -0.582. The van der Waals surface area contributed by atoms with Crippen LogP contribution in [0.3, 0.4) is 0 Å². The molecule has 0 aliphatic carbocycles. The predicted octanol–water partition coefficient (Wildman–Crippen LogP) is 3.68. The van der Waals surface area contributed by atoms with Gasteiger partial charge in [0.25, 0.3) is 5.91 Å². The number of halogens is 4. The zero-order chi connectivity index (χ0) is 15.6. The van der Waals surface area contributed by atoms with Gasteiger partial charge in [-0.25, -0.2) is 0 Å². The molecule has 0 bridgehead atoms. The number of aromatic amines is 1. The maximum absolute atomic E-state index is 12.8. The monoisotopic (exact) mass is 361 g/mol. The summed E-state index contributed by atoms with van der Waals surface area (Å²) >= 11 is 2.83. The van der Waals surface area contributed by atoms with Crippen molar-refractivity contribution in [2.45, 2.75) is 19.1 Å². The Morgan fingerprint density at radius 2 is 2.14 bits per heavy atom. The molecular weight excluding hydrogens is 351 g/mol. The van der Waals surface area contributed by atoms with Gasteiger partial charge in [-0.3, -0.25) is 9.89 Å². The zero-order valence-electron chi connectivity index (χ0n) is 10.8. The largest absolute Gasteiger partial charge is 0.417 e. The molecule has 0 aliphatic heterocycles. The molecule has 1 atom stereocenters. The highest BCUT2D eigenvalue weighted by atomic mass is 79.9. The molecule has 1 unspecified atom stereocenters. The van der Waals surface area contributed by atoms with Crippen LogP contribution in [0.2, 0.25) is 0 Å². The first-order valence-corrected chi connectivity index (χ1v) is 6.74. The summed E-state index contributed by atoms with van der Waals surface area (Å²) in [4.78, 5) is 12.0. The summed E-state index contributed by atoms with van der Waals surface area (Å²) in [6, 6.07) is 2.99. The molecule has 112 valence electrons. The number of hydrogen-bond acceptors (Lipinski definition) is 2. The maximum atomic E-state index is 12.8. The molecule has 1 aromatic heterocycles. The molecule has 2 rings (SSSR count). The summed E-state index contributed by atoms with van der Waals surface area (Å²) < 4.78 is 38.3. The molecule has 1 amide bonds. The van der Waals surface area contributed by atoms with Crippen LogP contribution in [0.4, 0.5) is 13.2 Å². The number of amides is 1. The zero-order valence-corrected chi connectivity index (χ0v) is 12.4. The van der Waals surface area contributed by atoms with Crippen LogP contribution in [-0.4, -0.2) is 16.1 Å². The number of nitrogens with one attached hydrogen (secondary N) is 2. The van der Waals surface area contributed by atoms with E-state index in [4.69, 9.17) is 0 Å². The highest BCUT2D eigenvalue weighted by molar-refractivity contribution is 9.10. The number of nitrogens with zero attached hydrogens (tertiary/aromatic N) is 1. The van der Waals surface area contributed by atoms with Crippen molar-refractivity contribution < 1.29 is 18.0 Å². The fraction of sp³-hybridized carbons (Fsp3) is 0.231. The first-order valence-electron chi connectivity index (χ1n) is 5.95. The molecule has 0 radical (unpaired) electrons. The fourth-order valence-electron chi connectivity index (χ4n) is 1.74. The summed E-state index contributed by atoms with van der Waals surface area (Å²) in [5, 5.41) is 8.97. The number of H-pyrrole nitrogens is 1. The van der Waals surface area contributed by atoms with Gasteiger partial charge >= 0.3 is 6.18 Å². The van der Waals surface area contributed by atoms with Crippen LogP contribution in [-0.2, 0) is 6.18 Å². The average molecular weight is 362 g/mol. The smallest absolute Gasteiger partial charge is 0.345 e. The van der Waals surface area contributed by atoms with Gasteiger partial charge < -0.3 is 5.32 Å². The van der Waals surface area contributed by atoms with Gasteiger partial charge in [0.2, 0.25) is 0 Å². The van der Waals surface area contributed by atoms with Crippen LogP contribution in [0.25, 0.3) is 0 Å². The molecule has 0 aliphatic rings. The second-order valence-electron chi connectivity index (χ2n) is 4.42. The van der Waals surface area contributed by atoms with E-state index in [2.05, 4.69) is 31.4 Å². The van der Waals surface area contributed by atoms with Crippen LogP contribution >= 0.6 is 15.9 Å². The normalized spacial score (nSPS) is 13.0. The SMILES string of the molecule is CC(NC(=O)c1ccc(Br)c(C(F)(F)F)c1)c1cn[nH]c1. The van der Waals surface area contributed by atoms with E-state index in [-0.39, 0.29) is 16.1 Å². The third kappa shape index (κ3) is 3.63. The Morgan fingerprint density at radius 1 is 1.43 bits per heavy atom. The molecule has 21 heavy (non-hydrogen) atoms. The molecule has 1 aromatic carbocycles. The van der Waals surface area contributed by atoms with Crippen molar-refractivity contribution in [1.29, 1.82) is 0 Å². The van der Waals surface area contributed by atoms with Crippen molar-refractivity contribution in [1.82, 2.24) is 15.5 Å². The lowest BCUT2D eigenvalue weighted by Gasteiger charge is -2.14. The van der Waals surface area contributed by atoms with E-state index < -0.39 is 17.6 Å². The quantitative estimate of drug-likeness (QED) is 0.875. The molecule has 4 nitrogen and oxygen atoms in total. The number of carbonyl (C=O) groups is 1. The van der Waals surface area contributed by atoms with Gasteiger partial charge in [-0.15, -0.1) is 0 Å². The highest BCUT2D eigenvalue weighted by Crippen LogP contribution is 2.35. The second-order valence-corrected chi connectivity index (χ2v) is 5.27. The standard InChI is InChI=1S/C13H11BrF3N3O/c1-7(9-5-18-19-6-9)20-12(21)8-2-3-11(14)10(4-8)13(15,16)17/h2-7H,1H3,(H,18,19)(H,20,21). The highest BCUT2D eigenvalue weighted by Gasteiger charge is 2.33. The summed E-state index contributed by atoms with van der Waals surface area (Å²) in [5.41, 5.74) is -0.205. The number of benzene rings is 1. The molecule has 0 saturated carbocycles. The Morgan fingerprint density at radius 3 is 2.71 bits per heavy atom. The Labute approximate surface area is 126 Å². The molecule has 0 saturated heterocycles. The lowest BCUT2D eigenvalue weighted by molar-refractivity contribution is -0.138. The molecular formula is C13H11BrF3N3O. The van der Waals surface area contributed by atoms with Crippen molar-refractivity contribution in [3.05, 3.63) is 51.8 Å². The van der Waals surface area contributed by atoms with Crippen LogP contribution < -0.4 is 5.32 Å². The molecule has 0 fully saturated rings. The Hall–Kier alpha value is -1.83. The Balaban J connectivity index is 2.20. The van der Waals surface area contributed by atoms with Gasteiger partial charge in [-0.05, 0) is 25.1 Å². The third-order valence-corrected chi connectivity index (χ3v) is 3.59. The third-order valence-electron chi connectivity index (χ3n) is 2.90. The van der Waals surface area contributed by atoms with Crippen LogP contribution in [0.15, 0.2) is 35.1 Å². The average Bonchev–Trinajstić information content (AvgIpc) is 2.91. The van der Waals surface area contributed by atoms with Crippen molar-refractivity contribution in [2.75, 3.05) is 0 Å². The minimum atomic E-state index is -4.52. The molecule has 2 aromatic rings. The van der Waals surface area contributed by atoms with Gasteiger partial charge in [0.05, 0.1) is 17.8 Å². The number of carbonyl (C=O) groups excluding carboxylic acids is 1. The van der Waals surface area contributed by atoms with Crippen molar-refractivity contribution in [3.8, 4) is 0 Å². The van der Waals surface area contributed by atoms with E-state index in [1.54, 1.807) is 13.1 Å². The fourth-order valence-corrected chi connectivity index (χ4v) is 2.22. The van der Waals surface area contributed by atoms with Crippen molar-refractivity contribution in [2.24, 2.45) is 0 Å². The summed E-state index contributed by atoms with van der Waals surface area (Å²) in [7, 11) is 0. The van der Waals surface area contributed by atoms with Gasteiger partial charge in [0.1, 0.15) is 0 Å². The second kappa shape index (κ2) is 5.88. The first kappa shape index (κ1) is 15.6. The van der Waals surface area contributed by atoms with E-state index in [0.29, 0.717) is 0 Å². The van der Waals surface area contributed by atoms with Crippen LogP contribution in [0, 0.1) is 0 Å². The Bertz CT molecular complexity index is 641. The van der Waals surface area contributed by atoms with Crippen molar-refractivity contribution in [3.63, 3.8) is 0 Å². The van der Waals surface area contributed by atoms with Crippen molar-refractivity contribution >= 4 is 21.8 Å². The predicted molar refractivity (Wildman–Crippen MR) is 73.6 cm³/mol. The molecule has 8 heteroatoms. The Kier molecular flexibility index (Phi) is 4.36. The van der Waals surface area contributed by atoms with Gasteiger partial charge in [0, 0.05) is 21.8 Å². The number of hydrogen-bond donors (Lipinski definition) is 2. The van der Waals surface area contributed by atoms with E-state index in [9.17, 15) is 18.0 Å². The lowest BCUT2D eigenvalue weighted by Crippen LogP contribution is -2.26. The number of aromatic nitrogens is 2. The van der Waals surface area contributed by atoms with E-state index in [1.807, 2.05) is 0 Å². The maximum Gasteiger partial charge on any atom is 0.417 e. The van der Waals surface area contributed by atoms with Crippen LogP contribution in [0.5, 0.6) is 0 Å². The molecule has 0 spiro atoms. The summed E-state index contributed by atoms with van der Waals surface area (Å²) in [6.07, 6.45) is -1.38. The van der Waals surface area contributed by atoms with E-state index in [1.165, 1.54) is 18.3 Å². The number of rotatable bonds is 3. The summed E-state index contributed by atoms with van der Waals surface area (Å²) in [6.45, 7) is 1.71.